The number of hydrogen-bond acceptors (Lipinski definition) is 5. The van der Waals surface area contributed by atoms with E-state index in [4.69, 9.17) is 0 Å². The number of anilines is 1. The Hall–Kier alpha value is -3.95. The molecule has 0 fully saturated rings. The molecule has 0 saturated carbocycles. The molecule has 0 spiro atoms. The third-order valence-electron chi connectivity index (χ3n) is 6.35. The van der Waals surface area contributed by atoms with Gasteiger partial charge in [-0.3, -0.25) is 9.10 Å². The van der Waals surface area contributed by atoms with Gasteiger partial charge in [-0.2, -0.15) is 0 Å². The highest BCUT2D eigenvalue weighted by Crippen LogP contribution is 2.30. The first-order chi connectivity index (χ1) is 18.5. The first-order valence-corrected chi connectivity index (χ1v) is 15.6. The first kappa shape index (κ1) is 28.1. The van der Waals surface area contributed by atoms with Gasteiger partial charge in [-0.15, -0.1) is 0 Å². The summed E-state index contributed by atoms with van der Waals surface area (Å²) in [6.45, 7) is 3.69. The van der Waals surface area contributed by atoms with Crippen molar-refractivity contribution in [1.82, 2.24) is 5.32 Å². The van der Waals surface area contributed by atoms with Crippen molar-refractivity contribution >= 4 is 31.5 Å². The Kier molecular flexibility index (Phi) is 8.22. The number of amides is 1. The molecule has 0 saturated heterocycles. The smallest absolute Gasteiger partial charge is 0.264 e. The molecule has 0 aromatic heterocycles. The van der Waals surface area contributed by atoms with Crippen LogP contribution >= 0.6 is 0 Å². The van der Waals surface area contributed by atoms with Gasteiger partial charge in [0, 0.05) is 6.26 Å². The highest BCUT2D eigenvalue weighted by atomic mass is 32.2. The fraction of sp³-hybridized carbons (Fsp3) is 0.167. The molecule has 1 unspecified atom stereocenters. The van der Waals surface area contributed by atoms with Gasteiger partial charge in [0.2, 0.25) is 0 Å². The zero-order valence-electron chi connectivity index (χ0n) is 21.9. The molecule has 1 N–H and O–H groups in total. The number of aryl methyl sites for hydroxylation is 1. The molecule has 0 bridgehead atoms. The minimum absolute atomic E-state index is 0.0316. The van der Waals surface area contributed by atoms with Gasteiger partial charge in [0.15, 0.2) is 9.84 Å². The Balaban J connectivity index is 1.70. The Morgan fingerprint density at radius 2 is 1.33 bits per heavy atom. The van der Waals surface area contributed by atoms with Crippen molar-refractivity contribution in [1.29, 1.82) is 0 Å². The van der Waals surface area contributed by atoms with E-state index in [-0.39, 0.29) is 27.6 Å². The van der Waals surface area contributed by atoms with E-state index in [9.17, 15) is 21.6 Å². The lowest BCUT2D eigenvalue weighted by Crippen LogP contribution is -2.34. The summed E-state index contributed by atoms with van der Waals surface area (Å²) in [6, 6.07) is 28.2. The van der Waals surface area contributed by atoms with Crippen LogP contribution in [0.1, 0.15) is 40.0 Å². The summed E-state index contributed by atoms with van der Waals surface area (Å²) in [7, 11) is -7.37. The van der Waals surface area contributed by atoms with Crippen LogP contribution in [0.4, 0.5) is 5.69 Å². The van der Waals surface area contributed by atoms with Crippen molar-refractivity contribution in [3.63, 3.8) is 0 Å². The normalized spacial score (nSPS) is 12.5. The van der Waals surface area contributed by atoms with Crippen molar-refractivity contribution in [3.8, 4) is 0 Å². The number of para-hydroxylation sites is 1. The molecule has 0 aliphatic heterocycles. The molecule has 9 heteroatoms. The lowest BCUT2D eigenvalue weighted by Gasteiger charge is -2.27. The van der Waals surface area contributed by atoms with E-state index >= 15 is 0 Å². The third-order valence-corrected chi connectivity index (χ3v) is 9.25. The van der Waals surface area contributed by atoms with Gasteiger partial charge in [0.05, 0.1) is 33.6 Å². The van der Waals surface area contributed by atoms with Gasteiger partial charge in [0.1, 0.15) is 0 Å². The monoisotopic (exact) mass is 562 g/mol. The fourth-order valence-electron chi connectivity index (χ4n) is 4.13. The zero-order valence-corrected chi connectivity index (χ0v) is 23.5. The standard InChI is InChI=1S/C30H30N2O5S2/c1-22-13-17-27(18-14-22)39(36,37)32(21-24-9-5-4-6-10-24)29-12-8-7-11-28(29)30(33)31-23(2)25-15-19-26(20-16-25)38(3,34)35/h4-20,23H,21H2,1-3H3,(H,31,33). The predicted octanol–water partition coefficient (Wildman–Crippen LogP) is 5.29. The topological polar surface area (TPSA) is 101 Å². The first-order valence-electron chi connectivity index (χ1n) is 12.3. The van der Waals surface area contributed by atoms with Crippen LogP contribution in [0.25, 0.3) is 0 Å². The lowest BCUT2D eigenvalue weighted by atomic mass is 10.1. The Morgan fingerprint density at radius 3 is 1.95 bits per heavy atom. The number of sulfone groups is 1. The highest BCUT2D eigenvalue weighted by Gasteiger charge is 2.29. The van der Waals surface area contributed by atoms with Crippen molar-refractivity contribution < 1.29 is 21.6 Å². The predicted molar refractivity (Wildman–Crippen MR) is 153 cm³/mol. The van der Waals surface area contributed by atoms with Crippen molar-refractivity contribution in [2.75, 3.05) is 10.6 Å². The quantitative estimate of drug-likeness (QED) is 0.299. The van der Waals surface area contributed by atoms with E-state index in [1.807, 2.05) is 37.3 Å². The second kappa shape index (κ2) is 11.4. The summed E-state index contributed by atoms with van der Waals surface area (Å²) in [6.07, 6.45) is 1.13. The minimum Gasteiger partial charge on any atom is -0.345 e. The summed E-state index contributed by atoms with van der Waals surface area (Å²) < 4.78 is 52.7. The molecule has 4 aromatic rings. The maximum atomic E-state index is 13.9. The van der Waals surface area contributed by atoms with Crippen LogP contribution in [0, 0.1) is 6.92 Å². The Labute approximate surface area is 230 Å². The van der Waals surface area contributed by atoms with Crippen molar-refractivity contribution in [3.05, 3.63) is 125 Å². The summed E-state index contributed by atoms with van der Waals surface area (Å²) in [5, 5.41) is 2.92. The van der Waals surface area contributed by atoms with Gasteiger partial charge >= 0.3 is 0 Å². The average molecular weight is 563 g/mol. The van der Waals surface area contributed by atoms with Crippen molar-refractivity contribution in [2.45, 2.75) is 36.2 Å². The molecule has 0 aliphatic carbocycles. The number of nitrogens with zero attached hydrogens (tertiary/aromatic N) is 1. The Bertz CT molecular complexity index is 1670. The van der Waals surface area contributed by atoms with E-state index in [1.165, 1.54) is 16.4 Å². The van der Waals surface area contributed by atoms with Crippen LogP contribution in [0.15, 0.2) is 113 Å². The third kappa shape index (κ3) is 6.55. The largest absolute Gasteiger partial charge is 0.345 e. The second-order valence-electron chi connectivity index (χ2n) is 9.36. The molecule has 0 aliphatic rings. The number of nitrogens with one attached hydrogen (secondary N) is 1. The fourth-order valence-corrected chi connectivity index (χ4v) is 6.23. The molecular weight excluding hydrogens is 532 g/mol. The summed E-state index contributed by atoms with van der Waals surface area (Å²) in [5.74, 6) is -0.456. The van der Waals surface area contributed by atoms with Crippen LogP contribution < -0.4 is 9.62 Å². The van der Waals surface area contributed by atoms with Crippen molar-refractivity contribution in [2.24, 2.45) is 0 Å². The number of hydrogen-bond donors (Lipinski definition) is 1. The van der Waals surface area contributed by atoms with E-state index in [1.54, 1.807) is 67.6 Å². The van der Waals surface area contributed by atoms with Gasteiger partial charge in [-0.05, 0) is 61.4 Å². The molecule has 4 aromatic carbocycles. The SMILES string of the molecule is Cc1ccc(S(=O)(=O)N(Cc2ccccc2)c2ccccc2C(=O)NC(C)c2ccc(S(C)(=O)=O)cc2)cc1. The number of rotatable bonds is 9. The van der Waals surface area contributed by atoms with E-state index in [2.05, 4.69) is 5.32 Å². The van der Waals surface area contributed by atoms with Crippen LogP contribution in [-0.2, 0) is 26.4 Å². The van der Waals surface area contributed by atoms with E-state index in [0.717, 1.165) is 17.4 Å². The van der Waals surface area contributed by atoms with Crippen LogP contribution in [0.3, 0.4) is 0 Å². The van der Waals surface area contributed by atoms with Crippen LogP contribution in [0.2, 0.25) is 0 Å². The molecule has 7 nitrogen and oxygen atoms in total. The number of benzene rings is 4. The second-order valence-corrected chi connectivity index (χ2v) is 13.2. The highest BCUT2D eigenvalue weighted by molar-refractivity contribution is 7.92. The number of sulfonamides is 1. The summed E-state index contributed by atoms with van der Waals surface area (Å²) >= 11 is 0. The van der Waals surface area contributed by atoms with Gasteiger partial charge < -0.3 is 5.32 Å². The molecule has 4 rings (SSSR count). The maximum absolute atomic E-state index is 13.9. The Morgan fingerprint density at radius 1 is 0.769 bits per heavy atom. The molecular formula is C30H30N2O5S2. The molecule has 0 heterocycles. The molecule has 202 valence electrons. The molecule has 1 amide bonds. The van der Waals surface area contributed by atoms with Crippen LogP contribution in [-0.4, -0.2) is 29.0 Å². The minimum atomic E-state index is -4.03. The van der Waals surface area contributed by atoms with Gasteiger partial charge in [0.25, 0.3) is 15.9 Å². The van der Waals surface area contributed by atoms with E-state index < -0.39 is 31.8 Å². The summed E-state index contributed by atoms with van der Waals surface area (Å²) in [4.78, 5) is 13.8. The molecule has 1 atom stereocenters. The molecule has 0 radical (unpaired) electrons. The zero-order chi connectivity index (χ0) is 28.2. The molecule has 39 heavy (non-hydrogen) atoms. The van der Waals surface area contributed by atoms with E-state index in [0.29, 0.717) is 5.56 Å². The lowest BCUT2D eigenvalue weighted by molar-refractivity contribution is 0.0940. The van der Waals surface area contributed by atoms with Gasteiger partial charge in [-0.25, -0.2) is 16.8 Å². The maximum Gasteiger partial charge on any atom is 0.264 e. The number of carbonyl (C=O) groups excluding carboxylic acids is 1. The summed E-state index contributed by atoms with van der Waals surface area (Å²) in [5.41, 5.74) is 2.86. The van der Waals surface area contributed by atoms with Gasteiger partial charge in [-0.1, -0.05) is 72.3 Å². The number of carbonyl (C=O) groups is 1. The van der Waals surface area contributed by atoms with Crippen LogP contribution in [0.5, 0.6) is 0 Å². The average Bonchev–Trinajstić information content (AvgIpc) is 2.92.